The molecule has 1 aromatic carbocycles. The zero-order valence-corrected chi connectivity index (χ0v) is 14.4. The van der Waals surface area contributed by atoms with Crippen LogP contribution in [0, 0.1) is 11.3 Å². The number of aryl methyl sites for hydroxylation is 1. The molecule has 0 unspecified atom stereocenters. The molecule has 2 amide bonds. The van der Waals surface area contributed by atoms with Gasteiger partial charge in [0.2, 0.25) is 0 Å². The fraction of sp³-hybridized carbons (Fsp3) is 0.167. The van der Waals surface area contributed by atoms with Crippen LogP contribution < -0.4 is 10.6 Å². The van der Waals surface area contributed by atoms with Crippen molar-refractivity contribution in [2.75, 3.05) is 11.9 Å². The standard InChI is InChI=1S/C18H16N6O3/c1-2-13-23-15(14-12(17(25)26)9-21-16(14)24-13)10-4-3-5-11(8-10)22-18(27)20-7-6-19/h3-5,8-9H,2,7H2,1H3,(H,25,26)(H2,20,22,27)(H,21,23,24). The van der Waals surface area contributed by atoms with E-state index in [1.807, 2.05) is 13.0 Å². The fourth-order valence-electron chi connectivity index (χ4n) is 2.65. The van der Waals surface area contributed by atoms with Gasteiger partial charge in [-0.2, -0.15) is 5.26 Å². The first-order valence-corrected chi connectivity index (χ1v) is 8.17. The maximum atomic E-state index is 11.8. The number of fused-ring (bicyclic) bond motifs is 1. The van der Waals surface area contributed by atoms with E-state index >= 15 is 0 Å². The molecular weight excluding hydrogens is 348 g/mol. The van der Waals surface area contributed by atoms with Crippen molar-refractivity contribution in [2.24, 2.45) is 0 Å². The van der Waals surface area contributed by atoms with E-state index in [0.717, 1.165) is 0 Å². The highest BCUT2D eigenvalue weighted by atomic mass is 16.4. The molecule has 0 atom stereocenters. The number of nitriles is 1. The largest absolute Gasteiger partial charge is 0.478 e. The zero-order valence-electron chi connectivity index (χ0n) is 14.4. The maximum absolute atomic E-state index is 11.8. The molecule has 0 saturated heterocycles. The predicted molar refractivity (Wildman–Crippen MR) is 98.3 cm³/mol. The number of carbonyl (C=O) groups excluding carboxylic acids is 1. The number of carboxylic acid groups (broad SMARTS) is 1. The highest BCUT2D eigenvalue weighted by Gasteiger charge is 2.19. The smallest absolute Gasteiger partial charge is 0.338 e. The van der Waals surface area contributed by atoms with Crippen molar-refractivity contribution in [3.63, 3.8) is 0 Å². The molecular formula is C18H16N6O3. The van der Waals surface area contributed by atoms with Gasteiger partial charge in [0.05, 0.1) is 22.7 Å². The Bertz CT molecular complexity index is 1070. The van der Waals surface area contributed by atoms with Crippen LogP contribution >= 0.6 is 0 Å². The average Bonchev–Trinajstić information content (AvgIpc) is 3.10. The van der Waals surface area contributed by atoms with Crippen LogP contribution in [-0.2, 0) is 6.42 Å². The molecule has 2 heterocycles. The number of urea groups is 1. The van der Waals surface area contributed by atoms with Gasteiger partial charge in [-0.1, -0.05) is 19.1 Å². The molecule has 0 aliphatic heterocycles. The Hall–Kier alpha value is -3.93. The van der Waals surface area contributed by atoms with E-state index in [2.05, 4.69) is 25.6 Å². The number of amides is 2. The summed E-state index contributed by atoms with van der Waals surface area (Å²) in [4.78, 5) is 35.1. The highest BCUT2D eigenvalue weighted by Crippen LogP contribution is 2.30. The number of H-pyrrole nitrogens is 1. The molecule has 27 heavy (non-hydrogen) atoms. The molecule has 0 spiro atoms. The summed E-state index contributed by atoms with van der Waals surface area (Å²) in [6.45, 7) is 1.80. The Morgan fingerprint density at radius 1 is 1.33 bits per heavy atom. The molecule has 9 nitrogen and oxygen atoms in total. The Morgan fingerprint density at radius 3 is 2.85 bits per heavy atom. The third-order valence-electron chi connectivity index (χ3n) is 3.85. The number of hydrogen-bond acceptors (Lipinski definition) is 5. The third kappa shape index (κ3) is 3.69. The Balaban J connectivity index is 2.08. The molecule has 0 radical (unpaired) electrons. The molecule has 3 rings (SSSR count). The van der Waals surface area contributed by atoms with Gasteiger partial charge in [-0.05, 0) is 12.1 Å². The normalized spacial score (nSPS) is 10.4. The second-order valence-corrected chi connectivity index (χ2v) is 5.62. The fourth-order valence-corrected chi connectivity index (χ4v) is 2.65. The third-order valence-corrected chi connectivity index (χ3v) is 3.85. The van der Waals surface area contributed by atoms with Crippen LogP contribution in [0.1, 0.15) is 23.1 Å². The topological polar surface area (TPSA) is 144 Å². The Kier molecular flexibility index (Phi) is 4.99. The molecule has 0 fully saturated rings. The minimum absolute atomic E-state index is 0.0766. The van der Waals surface area contributed by atoms with Gasteiger partial charge in [0.1, 0.15) is 18.0 Å². The van der Waals surface area contributed by atoms with E-state index in [1.54, 1.807) is 24.3 Å². The van der Waals surface area contributed by atoms with Gasteiger partial charge in [-0.25, -0.2) is 19.6 Å². The molecule has 136 valence electrons. The molecule has 0 bridgehead atoms. The van der Waals surface area contributed by atoms with Crippen molar-refractivity contribution in [3.05, 3.63) is 41.9 Å². The number of anilines is 1. The Labute approximate surface area is 154 Å². The number of rotatable bonds is 5. The Morgan fingerprint density at radius 2 is 2.15 bits per heavy atom. The van der Waals surface area contributed by atoms with Crippen molar-refractivity contribution in [3.8, 4) is 17.3 Å². The number of benzene rings is 1. The first-order chi connectivity index (χ1) is 13.0. The summed E-state index contributed by atoms with van der Waals surface area (Å²) in [5.74, 6) is -0.512. The minimum Gasteiger partial charge on any atom is -0.478 e. The van der Waals surface area contributed by atoms with Crippen LogP contribution in [0.2, 0.25) is 0 Å². The van der Waals surface area contributed by atoms with Crippen molar-refractivity contribution in [1.29, 1.82) is 5.26 Å². The number of aromatic nitrogens is 3. The van der Waals surface area contributed by atoms with Crippen LogP contribution in [-0.4, -0.2) is 38.6 Å². The van der Waals surface area contributed by atoms with Gasteiger partial charge in [0, 0.05) is 23.9 Å². The van der Waals surface area contributed by atoms with Crippen LogP contribution in [0.4, 0.5) is 10.5 Å². The van der Waals surface area contributed by atoms with E-state index < -0.39 is 12.0 Å². The molecule has 9 heteroatoms. The van der Waals surface area contributed by atoms with E-state index in [1.165, 1.54) is 6.20 Å². The zero-order chi connectivity index (χ0) is 19.4. The summed E-state index contributed by atoms with van der Waals surface area (Å²) in [5.41, 5.74) is 2.11. The van der Waals surface area contributed by atoms with Gasteiger partial charge >= 0.3 is 12.0 Å². The predicted octanol–water partition coefficient (Wildman–Crippen LogP) is 2.53. The van der Waals surface area contributed by atoms with Crippen molar-refractivity contribution in [1.82, 2.24) is 20.3 Å². The number of aromatic amines is 1. The lowest BCUT2D eigenvalue weighted by Crippen LogP contribution is -2.28. The molecule has 0 aliphatic carbocycles. The number of carbonyl (C=O) groups is 2. The molecule has 2 aromatic heterocycles. The van der Waals surface area contributed by atoms with Gasteiger partial charge in [-0.15, -0.1) is 0 Å². The van der Waals surface area contributed by atoms with Crippen LogP contribution in [0.3, 0.4) is 0 Å². The molecule has 3 aromatic rings. The molecule has 0 aliphatic rings. The number of hydrogen-bond donors (Lipinski definition) is 4. The minimum atomic E-state index is -1.08. The summed E-state index contributed by atoms with van der Waals surface area (Å²) in [7, 11) is 0. The lowest BCUT2D eigenvalue weighted by Gasteiger charge is -2.09. The quantitative estimate of drug-likeness (QED) is 0.512. The first kappa shape index (κ1) is 17.9. The second-order valence-electron chi connectivity index (χ2n) is 5.62. The average molecular weight is 364 g/mol. The van der Waals surface area contributed by atoms with Gasteiger partial charge in [0.15, 0.2) is 0 Å². The van der Waals surface area contributed by atoms with Crippen molar-refractivity contribution in [2.45, 2.75) is 13.3 Å². The second kappa shape index (κ2) is 7.53. The number of carboxylic acids is 1. The van der Waals surface area contributed by atoms with Crippen LogP contribution in [0.5, 0.6) is 0 Å². The van der Waals surface area contributed by atoms with Gasteiger partial charge in [-0.3, -0.25) is 0 Å². The van der Waals surface area contributed by atoms with E-state index in [4.69, 9.17) is 5.26 Å². The molecule has 4 N–H and O–H groups in total. The summed E-state index contributed by atoms with van der Waals surface area (Å²) in [6.07, 6.45) is 1.97. The molecule has 0 saturated carbocycles. The summed E-state index contributed by atoms with van der Waals surface area (Å²) < 4.78 is 0. The SMILES string of the molecule is CCc1nc(-c2cccc(NC(=O)NCC#N)c2)c2c(C(=O)O)c[nH]c2n1. The monoisotopic (exact) mass is 364 g/mol. The van der Waals surface area contributed by atoms with Crippen LogP contribution in [0.15, 0.2) is 30.5 Å². The van der Waals surface area contributed by atoms with Crippen molar-refractivity contribution >= 4 is 28.7 Å². The van der Waals surface area contributed by atoms with Crippen molar-refractivity contribution < 1.29 is 14.7 Å². The number of nitrogens with zero attached hydrogens (tertiary/aromatic N) is 3. The van der Waals surface area contributed by atoms with E-state index in [-0.39, 0.29) is 12.1 Å². The lowest BCUT2D eigenvalue weighted by atomic mass is 10.1. The van der Waals surface area contributed by atoms with Gasteiger partial charge < -0.3 is 20.7 Å². The summed E-state index contributed by atoms with van der Waals surface area (Å²) in [5, 5.41) is 23.4. The number of nitrogens with one attached hydrogen (secondary N) is 3. The number of aromatic carboxylic acids is 1. The summed E-state index contributed by atoms with van der Waals surface area (Å²) >= 11 is 0. The summed E-state index contributed by atoms with van der Waals surface area (Å²) in [6, 6.07) is 8.18. The van der Waals surface area contributed by atoms with E-state index in [0.29, 0.717) is 40.2 Å². The van der Waals surface area contributed by atoms with Gasteiger partial charge in [0.25, 0.3) is 0 Å². The maximum Gasteiger partial charge on any atom is 0.338 e. The lowest BCUT2D eigenvalue weighted by molar-refractivity contribution is 0.0699. The first-order valence-electron chi connectivity index (χ1n) is 8.17. The van der Waals surface area contributed by atoms with Crippen LogP contribution in [0.25, 0.3) is 22.3 Å². The van der Waals surface area contributed by atoms with E-state index in [9.17, 15) is 14.7 Å². The highest BCUT2D eigenvalue weighted by molar-refractivity contribution is 6.07.